The number of nitrogens with zero attached hydrogens (tertiary/aromatic N) is 2. The van der Waals surface area contributed by atoms with Crippen LogP contribution in [0.5, 0.6) is 0 Å². The lowest BCUT2D eigenvalue weighted by atomic mass is 10.1. The molecule has 0 unspecified atom stereocenters. The smallest absolute Gasteiger partial charge is 0.251 e. The normalized spacial score (nSPS) is 9.78. The van der Waals surface area contributed by atoms with Crippen molar-refractivity contribution >= 4 is 12.2 Å². The molecule has 0 saturated carbocycles. The van der Waals surface area contributed by atoms with E-state index < -0.39 is 0 Å². The summed E-state index contributed by atoms with van der Waals surface area (Å²) in [6.07, 6.45) is 5.47. The van der Waals surface area contributed by atoms with Crippen LogP contribution in [0.2, 0.25) is 0 Å². The molecule has 0 fully saturated rings. The molecule has 90 valence electrons. The van der Waals surface area contributed by atoms with Gasteiger partial charge in [0.05, 0.1) is 18.4 Å². The Balaban J connectivity index is 1.97. The van der Waals surface area contributed by atoms with E-state index in [2.05, 4.69) is 15.3 Å². The van der Waals surface area contributed by atoms with E-state index in [-0.39, 0.29) is 5.91 Å². The van der Waals surface area contributed by atoms with Gasteiger partial charge in [-0.25, -0.2) is 0 Å². The Bertz CT molecular complexity index is 538. The minimum Gasteiger partial charge on any atom is -0.346 e. The average molecular weight is 241 g/mol. The van der Waals surface area contributed by atoms with Crippen LogP contribution in [0, 0.1) is 0 Å². The van der Waals surface area contributed by atoms with Crippen molar-refractivity contribution in [3.05, 3.63) is 59.7 Å². The summed E-state index contributed by atoms with van der Waals surface area (Å²) in [6, 6.07) is 6.42. The highest BCUT2D eigenvalue weighted by atomic mass is 16.1. The van der Waals surface area contributed by atoms with E-state index in [1.54, 1.807) is 42.9 Å². The monoisotopic (exact) mass is 241 g/mol. The molecule has 0 aliphatic rings. The number of hydrogen-bond donors (Lipinski definition) is 1. The Morgan fingerprint density at radius 2 is 2.00 bits per heavy atom. The van der Waals surface area contributed by atoms with E-state index in [4.69, 9.17) is 0 Å². The van der Waals surface area contributed by atoms with Crippen molar-refractivity contribution in [3.8, 4) is 0 Å². The van der Waals surface area contributed by atoms with Crippen molar-refractivity contribution in [3.63, 3.8) is 0 Å². The van der Waals surface area contributed by atoms with Crippen molar-refractivity contribution in [2.45, 2.75) is 6.54 Å². The number of aldehydes is 1. The van der Waals surface area contributed by atoms with Gasteiger partial charge < -0.3 is 5.32 Å². The molecule has 0 aliphatic heterocycles. The van der Waals surface area contributed by atoms with Gasteiger partial charge >= 0.3 is 0 Å². The van der Waals surface area contributed by atoms with Crippen LogP contribution >= 0.6 is 0 Å². The van der Waals surface area contributed by atoms with Gasteiger partial charge in [-0.1, -0.05) is 12.1 Å². The molecule has 0 bridgehead atoms. The quantitative estimate of drug-likeness (QED) is 0.817. The SMILES string of the molecule is O=Cc1ccc(C(=O)NCc2cnccn2)cc1. The summed E-state index contributed by atoms with van der Waals surface area (Å²) >= 11 is 0. The van der Waals surface area contributed by atoms with Crippen LogP contribution in [0.4, 0.5) is 0 Å². The van der Waals surface area contributed by atoms with Crippen LogP contribution in [0.1, 0.15) is 26.4 Å². The van der Waals surface area contributed by atoms with Crippen molar-refractivity contribution in [2.24, 2.45) is 0 Å². The summed E-state index contributed by atoms with van der Waals surface area (Å²) in [5.74, 6) is -0.210. The van der Waals surface area contributed by atoms with Gasteiger partial charge in [0.1, 0.15) is 6.29 Å². The second kappa shape index (κ2) is 5.67. The third-order valence-electron chi connectivity index (χ3n) is 2.36. The molecule has 0 aliphatic carbocycles. The Morgan fingerprint density at radius 3 is 2.61 bits per heavy atom. The molecule has 0 spiro atoms. The van der Waals surface area contributed by atoms with Crippen LogP contribution in [-0.2, 0) is 6.54 Å². The van der Waals surface area contributed by atoms with Crippen LogP contribution in [0.15, 0.2) is 42.9 Å². The first kappa shape index (κ1) is 11.9. The molecular formula is C13H11N3O2. The first-order valence-electron chi connectivity index (χ1n) is 5.38. The molecular weight excluding hydrogens is 230 g/mol. The Kier molecular flexibility index (Phi) is 3.76. The van der Waals surface area contributed by atoms with E-state index in [0.29, 0.717) is 23.4 Å². The molecule has 18 heavy (non-hydrogen) atoms. The fourth-order valence-corrected chi connectivity index (χ4v) is 1.41. The van der Waals surface area contributed by atoms with E-state index >= 15 is 0 Å². The maximum atomic E-state index is 11.8. The van der Waals surface area contributed by atoms with Gasteiger partial charge in [-0.15, -0.1) is 0 Å². The second-order valence-electron chi connectivity index (χ2n) is 3.62. The largest absolute Gasteiger partial charge is 0.346 e. The molecule has 5 heteroatoms. The van der Waals surface area contributed by atoms with Gasteiger partial charge in [-0.05, 0) is 12.1 Å². The summed E-state index contributed by atoms with van der Waals surface area (Å²) in [5.41, 5.74) is 1.74. The third-order valence-corrected chi connectivity index (χ3v) is 2.36. The van der Waals surface area contributed by atoms with Crippen molar-refractivity contribution in [2.75, 3.05) is 0 Å². The highest BCUT2D eigenvalue weighted by Crippen LogP contribution is 2.02. The minimum absolute atomic E-state index is 0.210. The molecule has 5 nitrogen and oxygen atoms in total. The zero-order valence-electron chi connectivity index (χ0n) is 9.54. The van der Waals surface area contributed by atoms with E-state index in [1.807, 2.05) is 0 Å². The summed E-state index contributed by atoms with van der Waals surface area (Å²) in [7, 11) is 0. The van der Waals surface area contributed by atoms with E-state index in [9.17, 15) is 9.59 Å². The van der Waals surface area contributed by atoms with Gasteiger partial charge in [-0.2, -0.15) is 0 Å². The zero-order valence-corrected chi connectivity index (χ0v) is 9.54. The van der Waals surface area contributed by atoms with Gasteiger partial charge in [0.15, 0.2) is 0 Å². The number of benzene rings is 1. The van der Waals surface area contributed by atoms with E-state index in [1.165, 1.54) is 0 Å². The fourth-order valence-electron chi connectivity index (χ4n) is 1.41. The topological polar surface area (TPSA) is 72.0 Å². The number of rotatable bonds is 4. The standard InChI is InChI=1S/C13H11N3O2/c17-9-10-1-3-11(4-2-10)13(18)16-8-12-7-14-5-6-15-12/h1-7,9H,8H2,(H,16,18). The second-order valence-corrected chi connectivity index (χ2v) is 3.62. The molecule has 0 saturated heterocycles. The fraction of sp³-hybridized carbons (Fsp3) is 0.0769. The lowest BCUT2D eigenvalue weighted by molar-refractivity contribution is 0.0949. The zero-order chi connectivity index (χ0) is 12.8. The lowest BCUT2D eigenvalue weighted by Gasteiger charge is -2.04. The van der Waals surface area contributed by atoms with Crippen molar-refractivity contribution in [1.82, 2.24) is 15.3 Å². The Labute approximate surface area is 104 Å². The summed E-state index contributed by atoms with van der Waals surface area (Å²) in [5, 5.41) is 2.72. The third kappa shape index (κ3) is 2.98. The number of carbonyl (C=O) groups excluding carboxylic acids is 2. The molecule has 0 atom stereocenters. The maximum absolute atomic E-state index is 11.8. The highest BCUT2D eigenvalue weighted by molar-refractivity contribution is 5.94. The predicted octanol–water partition coefficient (Wildman–Crippen LogP) is 1.22. The molecule has 1 aromatic heterocycles. The van der Waals surface area contributed by atoms with Crippen LogP contribution < -0.4 is 5.32 Å². The van der Waals surface area contributed by atoms with Crippen molar-refractivity contribution in [1.29, 1.82) is 0 Å². The molecule has 1 amide bonds. The molecule has 0 radical (unpaired) electrons. The highest BCUT2D eigenvalue weighted by Gasteiger charge is 2.05. The van der Waals surface area contributed by atoms with Gasteiger partial charge in [0.2, 0.25) is 0 Å². The number of nitrogens with one attached hydrogen (secondary N) is 1. The summed E-state index contributed by atoms with van der Waals surface area (Å²) < 4.78 is 0. The van der Waals surface area contributed by atoms with Crippen LogP contribution in [0.3, 0.4) is 0 Å². The maximum Gasteiger partial charge on any atom is 0.251 e. The van der Waals surface area contributed by atoms with Crippen molar-refractivity contribution < 1.29 is 9.59 Å². The van der Waals surface area contributed by atoms with Gasteiger partial charge in [-0.3, -0.25) is 19.6 Å². The molecule has 2 rings (SSSR count). The molecule has 1 aromatic carbocycles. The minimum atomic E-state index is -0.210. The molecule has 1 N–H and O–H groups in total. The number of hydrogen-bond acceptors (Lipinski definition) is 4. The predicted molar refractivity (Wildman–Crippen MR) is 65.0 cm³/mol. The molecule has 2 aromatic rings. The number of carbonyl (C=O) groups is 2. The molecule has 1 heterocycles. The first-order valence-corrected chi connectivity index (χ1v) is 5.38. The Morgan fingerprint density at radius 1 is 1.22 bits per heavy atom. The first-order chi connectivity index (χ1) is 8.79. The van der Waals surface area contributed by atoms with E-state index in [0.717, 1.165) is 6.29 Å². The lowest BCUT2D eigenvalue weighted by Crippen LogP contribution is -2.23. The Hall–Kier alpha value is -2.56. The summed E-state index contributed by atoms with van der Waals surface area (Å²) in [6.45, 7) is 0.322. The number of aromatic nitrogens is 2. The van der Waals surface area contributed by atoms with Crippen LogP contribution in [0.25, 0.3) is 0 Å². The van der Waals surface area contributed by atoms with Crippen LogP contribution in [-0.4, -0.2) is 22.2 Å². The average Bonchev–Trinajstić information content (AvgIpc) is 2.46. The summed E-state index contributed by atoms with van der Waals surface area (Å²) in [4.78, 5) is 30.2. The van der Waals surface area contributed by atoms with Gasteiger partial charge in [0, 0.05) is 23.5 Å². The van der Waals surface area contributed by atoms with Gasteiger partial charge in [0.25, 0.3) is 5.91 Å². The number of amides is 1.